The lowest BCUT2D eigenvalue weighted by Gasteiger charge is -2.29. The first-order valence-corrected chi connectivity index (χ1v) is 5.60. The predicted octanol–water partition coefficient (Wildman–Crippen LogP) is 0.924. The number of carbonyl (C=O) groups is 3. The normalized spacial score (nSPS) is 23.8. The number of rotatable bonds is 2. The first-order chi connectivity index (χ1) is 8.13. The summed E-state index contributed by atoms with van der Waals surface area (Å²) in [6.45, 7) is 4.89. The Kier molecular flexibility index (Phi) is 3.83. The number of likely N-dealkylation sites (tertiary alicyclic amines) is 1. The number of carboxylic acids is 2. The van der Waals surface area contributed by atoms with Gasteiger partial charge in [0.25, 0.3) is 0 Å². The van der Waals surface area contributed by atoms with Crippen molar-refractivity contribution in [2.45, 2.75) is 51.3 Å². The summed E-state index contributed by atoms with van der Waals surface area (Å²) in [5.41, 5.74) is -0.800. The Morgan fingerprint density at radius 1 is 1.06 bits per heavy atom. The van der Waals surface area contributed by atoms with Crippen molar-refractivity contribution >= 4 is 18.0 Å². The van der Waals surface area contributed by atoms with Crippen molar-refractivity contribution in [2.24, 2.45) is 0 Å². The molecule has 0 spiro atoms. The molecule has 2 atom stereocenters. The average Bonchev–Trinajstić information content (AvgIpc) is 2.58. The molecule has 1 amide bonds. The van der Waals surface area contributed by atoms with Crippen LogP contribution in [0.5, 0.6) is 0 Å². The van der Waals surface area contributed by atoms with Crippen LogP contribution in [0.25, 0.3) is 0 Å². The minimum atomic E-state index is -1.22. The second-order valence-electron chi connectivity index (χ2n) is 5.17. The smallest absolute Gasteiger partial charge is 0.411 e. The quantitative estimate of drug-likeness (QED) is 0.764. The molecule has 2 N–H and O–H groups in total. The van der Waals surface area contributed by atoms with Gasteiger partial charge in [-0.25, -0.2) is 14.4 Å². The van der Waals surface area contributed by atoms with E-state index >= 15 is 0 Å². The number of nitrogens with zero attached hydrogens (tertiary/aromatic N) is 1. The van der Waals surface area contributed by atoms with Gasteiger partial charge in [-0.3, -0.25) is 4.90 Å². The summed E-state index contributed by atoms with van der Waals surface area (Å²) in [7, 11) is 0. The van der Waals surface area contributed by atoms with E-state index in [4.69, 9.17) is 14.9 Å². The molecular weight excluding hydrogens is 242 g/mol. The first kappa shape index (κ1) is 14.3. The molecule has 1 aliphatic heterocycles. The number of hydrogen-bond acceptors (Lipinski definition) is 4. The van der Waals surface area contributed by atoms with Crippen LogP contribution in [0.1, 0.15) is 33.6 Å². The van der Waals surface area contributed by atoms with Gasteiger partial charge in [0.1, 0.15) is 17.7 Å². The SMILES string of the molecule is CC(C)(C)OC(=O)N1C(C(=O)O)CCC1C(=O)O. The van der Waals surface area contributed by atoms with Crippen LogP contribution in [-0.4, -0.2) is 50.8 Å². The molecule has 0 aromatic carbocycles. The van der Waals surface area contributed by atoms with Crippen molar-refractivity contribution in [3.63, 3.8) is 0 Å². The minimum Gasteiger partial charge on any atom is -0.480 e. The van der Waals surface area contributed by atoms with Gasteiger partial charge in [0.2, 0.25) is 0 Å². The Hall–Kier alpha value is -1.79. The van der Waals surface area contributed by atoms with Gasteiger partial charge < -0.3 is 14.9 Å². The Bertz CT molecular complexity index is 350. The van der Waals surface area contributed by atoms with Crippen LogP contribution >= 0.6 is 0 Å². The van der Waals surface area contributed by atoms with Crippen molar-refractivity contribution in [3.8, 4) is 0 Å². The molecule has 7 heteroatoms. The fourth-order valence-electron chi connectivity index (χ4n) is 1.87. The Morgan fingerprint density at radius 2 is 1.44 bits per heavy atom. The van der Waals surface area contributed by atoms with E-state index in [0.717, 1.165) is 4.90 Å². The van der Waals surface area contributed by atoms with Crippen LogP contribution < -0.4 is 0 Å². The average molecular weight is 259 g/mol. The number of carboxylic acid groups (broad SMARTS) is 2. The molecule has 1 fully saturated rings. The van der Waals surface area contributed by atoms with Crippen LogP contribution in [0.4, 0.5) is 4.79 Å². The van der Waals surface area contributed by atoms with E-state index < -0.39 is 35.7 Å². The molecule has 0 radical (unpaired) electrons. The fraction of sp³-hybridized carbons (Fsp3) is 0.727. The summed E-state index contributed by atoms with van der Waals surface area (Å²) in [5, 5.41) is 18.0. The van der Waals surface area contributed by atoms with E-state index in [1.807, 2.05) is 0 Å². The highest BCUT2D eigenvalue weighted by atomic mass is 16.6. The van der Waals surface area contributed by atoms with Crippen LogP contribution in [0.2, 0.25) is 0 Å². The molecule has 1 heterocycles. The molecule has 1 rings (SSSR count). The van der Waals surface area contributed by atoms with Crippen LogP contribution in [-0.2, 0) is 14.3 Å². The second-order valence-corrected chi connectivity index (χ2v) is 5.17. The number of aliphatic carboxylic acids is 2. The van der Waals surface area contributed by atoms with Gasteiger partial charge in [-0.05, 0) is 33.6 Å². The van der Waals surface area contributed by atoms with Gasteiger partial charge in [0.05, 0.1) is 0 Å². The first-order valence-electron chi connectivity index (χ1n) is 5.60. The summed E-state index contributed by atoms with van der Waals surface area (Å²) in [4.78, 5) is 34.7. The third kappa shape index (κ3) is 3.12. The van der Waals surface area contributed by atoms with Gasteiger partial charge in [0.15, 0.2) is 0 Å². The zero-order valence-corrected chi connectivity index (χ0v) is 10.5. The molecular formula is C11H17NO6. The van der Waals surface area contributed by atoms with Crippen LogP contribution in [0.15, 0.2) is 0 Å². The molecule has 1 aliphatic rings. The Labute approximate surface area is 104 Å². The summed E-state index contributed by atoms with van der Waals surface area (Å²) < 4.78 is 5.04. The van der Waals surface area contributed by atoms with Gasteiger partial charge in [-0.2, -0.15) is 0 Å². The van der Waals surface area contributed by atoms with Crippen molar-refractivity contribution in [1.29, 1.82) is 0 Å². The maximum Gasteiger partial charge on any atom is 0.411 e. The predicted molar refractivity (Wildman–Crippen MR) is 60.2 cm³/mol. The minimum absolute atomic E-state index is 0.117. The topological polar surface area (TPSA) is 104 Å². The lowest BCUT2D eigenvalue weighted by molar-refractivity contribution is -0.146. The highest BCUT2D eigenvalue weighted by Gasteiger charge is 2.46. The summed E-state index contributed by atoms with van der Waals surface area (Å²) in [5.74, 6) is -2.44. The van der Waals surface area contributed by atoms with Crippen LogP contribution in [0, 0.1) is 0 Å². The number of carbonyl (C=O) groups excluding carboxylic acids is 1. The number of amides is 1. The molecule has 18 heavy (non-hydrogen) atoms. The molecule has 102 valence electrons. The molecule has 0 aromatic rings. The lowest BCUT2D eigenvalue weighted by Crippen LogP contribution is -2.49. The lowest BCUT2D eigenvalue weighted by atomic mass is 10.2. The molecule has 0 aliphatic carbocycles. The van der Waals surface area contributed by atoms with Gasteiger partial charge >= 0.3 is 18.0 Å². The van der Waals surface area contributed by atoms with E-state index in [1.165, 1.54) is 0 Å². The Balaban J connectivity index is 2.93. The fourth-order valence-corrected chi connectivity index (χ4v) is 1.87. The molecule has 0 saturated carbocycles. The number of hydrogen-bond donors (Lipinski definition) is 2. The van der Waals surface area contributed by atoms with E-state index in [9.17, 15) is 14.4 Å². The van der Waals surface area contributed by atoms with Crippen molar-refractivity contribution < 1.29 is 29.3 Å². The molecule has 0 bridgehead atoms. The van der Waals surface area contributed by atoms with E-state index in [1.54, 1.807) is 20.8 Å². The maximum atomic E-state index is 11.9. The van der Waals surface area contributed by atoms with Crippen LogP contribution in [0.3, 0.4) is 0 Å². The molecule has 2 unspecified atom stereocenters. The highest BCUT2D eigenvalue weighted by Crippen LogP contribution is 2.27. The van der Waals surface area contributed by atoms with Gasteiger partial charge in [0, 0.05) is 0 Å². The van der Waals surface area contributed by atoms with E-state index in [2.05, 4.69) is 0 Å². The zero-order chi connectivity index (χ0) is 14.1. The van der Waals surface area contributed by atoms with Crippen molar-refractivity contribution in [1.82, 2.24) is 4.90 Å². The standard InChI is InChI=1S/C11H17NO6/c1-11(2,3)18-10(17)12-6(8(13)14)4-5-7(12)9(15)16/h6-7H,4-5H2,1-3H3,(H,13,14)(H,15,16). The highest BCUT2D eigenvalue weighted by molar-refractivity contribution is 5.87. The van der Waals surface area contributed by atoms with E-state index in [-0.39, 0.29) is 12.8 Å². The molecule has 1 saturated heterocycles. The van der Waals surface area contributed by atoms with Crippen molar-refractivity contribution in [3.05, 3.63) is 0 Å². The zero-order valence-electron chi connectivity index (χ0n) is 10.5. The third-order valence-electron chi connectivity index (χ3n) is 2.56. The maximum absolute atomic E-state index is 11.9. The molecule has 7 nitrogen and oxygen atoms in total. The summed E-state index contributed by atoms with van der Waals surface area (Å²) in [6.07, 6.45) is -0.670. The van der Waals surface area contributed by atoms with Gasteiger partial charge in [-0.1, -0.05) is 0 Å². The third-order valence-corrected chi connectivity index (χ3v) is 2.56. The Morgan fingerprint density at radius 3 is 1.72 bits per heavy atom. The van der Waals surface area contributed by atoms with Gasteiger partial charge in [-0.15, -0.1) is 0 Å². The van der Waals surface area contributed by atoms with Crippen molar-refractivity contribution in [2.75, 3.05) is 0 Å². The largest absolute Gasteiger partial charge is 0.480 e. The monoisotopic (exact) mass is 259 g/mol. The summed E-state index contributed by atoms with van der Waals surface area (Å²) >= 11 is 0. The summed E-state index contributed by atoms with van der Waals surface area (Å²) in [6, 6.07) is -2.28. The molecule has 0 aromatic heterocycles. The van der Waals surface area contributed by atoms with E-state index in [0.29, 0.717) is 0 Å². The number of ether oxygens (including phenoxy) is 1. The second kappa shape index (κ2) is 4.83.